The highest BCUT2D eigenvalue weighted by Crippen LogP contribution is 2.33. The molecular weight excluding hydrogens is 412 g/mol. The van der Waals surface area contributed by atoms with Crippen LogP contribution < -0.4 is 5.32 Å². The van der Waals surface area contributed by atoms with Gasteiger partial charge < -0.3 is 10.1 Å². The first kappa shape index (κ1) is 19.1. The van der Waals surface area contributed by atoms with Gasteiger partial charge in [0.25, 0.3) is 5.91 Å². The van der Waals surface area contributed by atoms with Crippen LogP contribution >= 0.6 is 15.9 Å². The Hall–Kier alpha value is -2.67. The van der Waals surface area contributed by atoms with Gasteiger partial charge in [-0.2, -0.15) is 0 Å². The summed E-state index contributed by atoms with van der Waals surface area (Å²) in [4.78, 5) is 38.3. The standard InChI is InChI=1S/C20H19BrN2O4/c1-12(24)14-4-3-5-16(10-14)22-19(25)18-17-11-15(21)7-6-13(17)8-9-23(18)20(26)27-2/h3-7,10-11,18H,8-9H2,1-2H3,(H,22,25). The molecule has 0 fully saturated rings. The van der Waals surface area contributed by atoms with Crippen molar-refractivity contribution in [3.05, 3.63) is 63.6 Å². The third kappa shape index (κ3) is 4.03. The van der Waals surface area contributed by atoms with E-state index in [1.165, 1.54) is 18.9 Å². The maximum absolute atomic E-state index is 13.1. The molecule has 0 radical (unpaired) electrons. The van der Waals surface area contributed by atoms with E-state index in [1.54, 1.807) is 24.3 Å². The van der Waals surface area contributed by atoms with Gasteiger partial charge in [0.05, 0.1) is 7.11 Å². The molecule has 0 spiro atoms. The second-order valence-corrected chi connectivity index (χ2v) is 7.20. The van der Waals surface area contributed by atoms with Crippen LogP contribution in [-0.2, 0) is 16.0 Å². The number of anilines is 1. The van der Waals surface area contributed by atoms with Crippen molar-refractivity contribution in [1.29, 1.82) is 0 Å². The molecule has 2 aromatic carbocycles. The number of ether oxygens (including phenoxy) is 1. The summed E-state index contributed by atoms with van der Waals surface area (Å²) < 4.78 is 5.69. The van der Waals surface area contributed by atoms with Crippen molar-refractivity contribution in [2.45, 2.75) is 19.4 Å². The predicted octanol–water partition coefficient (Wildman–Crippen LogP) is 3.96. The fraction of sp³-hybridized carbons (Fsp3) is 0.250. The molecule has 1 heterocycles. The average molecular weight is 431 g/mol. The van der Waals surface area contributed by atoms with Crippen LogP contribution in [0.1, 0.15) is 34.5 Å². The highest BCUT2D eigenvalue weighted by Gasteiger charge is 2.36. The average Bonchev–Trinajstić information content (AvgIpc) is 2.66. The Morgan fingerprint density at radius 3 is 2.67 bits per heavy atom. The number of Topliss-reactive ketones (excluding diaryl/α,β-unsaturated/α-hetero) is 1. The smallest absolute Gasteiger partial charge is 0.410 e. The Morgan fingerprint density at radius 2 is 1.96 bits per heavy atom. The van der Waals surface area contributed by atoms with E-state index in [0.29, 0.717) is 24.2 Å². The van der Waals surface area contributed by atoms with Crippen LogP contribution in [0.2, 0.25) is 0 Å². The lowest BCUT2D eigenvalue weighted by Gasteiger charge is -2.35. The quantitative estimate of drug-likeness (QED) is 0.747. The fourth-order valence-corrected chi connectivity index (χ4v) is 3.59. The van der Waals surface area contributed by atoms with E-state index in [-0.39, 0.29) is 11.7 Å². The summed E-state index contributed by atoms with van der Waals surface area (Å²) in [5, 5.41) is 2.82. The largest absolute Gasteiger partial charge is 0.453 e. The Morgan fingerprint density at radius 1 is 1.19 bits per heavy atom. The molecule has 0 bridgehead atoms. The molecule has 140 valence electrons. The number of amides is 2. The molecular formula is C20H19BrN2O4. The molecule has 1 aliphatic rings. The van der Waals surface area contributed by atoms with Gasteiger partial charge in [-0.05, 0) is 48.7 Å². The summed E-state index contributed by atoms with van der Waals surface area (Å²) in [5.74, 6) is -0.450. The molecule has 2 aromatic rings. The minimum Gasteiger partial charge on any atom is -0.453 e. The topological polar surface area (TPSA) is 75.7 Å². The van der Waals surface area contributed by atoms with Crippen molar-refractivity contribution >= 4 is 39.4 Å². The number of carbonyl (C=O) groups excluding carboxylic acids is 3. The summed E-state index contributed by atoms with van der Waals surface area (Å²) >= 11 is 3.43. The zero-order valence-corrected chi connectivity index (χ0v) is 16.6. The lowest BCUT2D eigenvalue weighted by molar-refractivity contribution is -0.121. The second kappa shape index (κ2) is 7.92. The maximum Gasteiger partial charge on any atom is 0.410 e. The number of benzene rings is 2. The van der Waals surface area contributed by atoms with Gasteiger partial charge in [0.15, 0.2) is 5.78 Å². The second-order valence-electron chi connectivity index (χ2n) is 6.29. The van der Waals surface area contributed by atoms with Crippen molar-refractivity contribution in [3.8, 4) is 0 Å². The van der Waals surface area contributed by atoms with Crippen molar-refractivity contribution in [3.63, 3.8) is 0 Å². The minimum atomic E-state index is -0.820. The number of methoxy groups -OCH3 is 1. The van der Waals surface area contributed by atoms with Gasteiger partial charge >= 0.3 is 6.09 Å². The first-order valence-corrected chi connectivity index (χ1v) is 9.25. The van der Waals surface area contributed by atoms with Gasteiger partial charge in [-0.25, -0.2) is 4.79 Å². The van der Waals surface area contributed by atoms with Gasteiger partial charge in [0.2, 0.25) is 0 Å². The first-order valence-electron chi connectivity index (χ1n) is 8.45. The molecule has 1 N–H and O–H groups in total. The van der Waals surface area contributed by atoms with Crippen molar-refractivity contribution < 1.29 is 19.1 Å². The number of halogens is 1. The van der Waals surface area contributed by atoms with Crippen LogP contribution in [0.3, 0.4) is 0 Å². The third-order valence-corrected chi connectivity index (χ3v) is 5.02. The highest BCUT2D eigenvalue weighted by atomic mass is 79.9. The molecule has 6 nitrogen and oxygen atoms in total. The monoisotopic (exact) mass is 430 g/mol. The van der Waals surface area contributed by atoms with E-state index in [4.69, 9.17) is 4.74 Å². The van der Waals surface area contributed by atoms with Gasteiger partial charge in [-0.3, -0.25) is 14.5 Å². The highest BCUT2D eigenvalue weighted by molar-refractivity contribution is 9.10. The fourth-order valence-electron chi connectivity index (χ4n) is 3.21. The maximum atomic E-state index is 13.1. The Bertz CT molecular complexity index is 913. The molecule has 1 atom stereocenters. The van der Waals surface area contributed by atoms with E-state index in [2.05, 4.69) is 21.2 Å². The molecule has 3 rings (SSSR count). The Labute approximate surface area is 165 Å². The first-order chi connectivity index (χ1) is 12.9. The van der Waals surface area contributed by atoms with Crippen LogP contribution in [0.5, 0.6) is 0 Å². The van der Waals surface area contributed by atoms with E-state index in [9.17, 15) is 14.4 Å². The SMILES string of the molecule is COC(=O)N1CCc2ccc(Br)cc2C1C(=O)Nc1cccc(C(C)=O)c1. The molecule has 0 saturated heterocycles. The molecule has 27 heavy (non-hydrogen) atoms. The predicted molar refractivity (Wildman–Crippen MR) is 105 cm³/mol. The van der Waals surface area contributed by atoms with Crippen LogP contribution in [0.25, 0.3) is 0 Å². The lowest BCUT2D eigenvalue weighted by Crippen LogP contribution is -2.45. The summed E-state index contributed by atoms with van der Waals surface area (Å²) in [7, 11) is 1.30. The van der Waals surface area contributed by atoms with E-state index >= 15 is 0 Å². The molecule has 2 amide bonds. The van der Waals surface area contributed by atoms with Gasteiger partial charge in [0, 0.05) is 22.3 Å². The van der Waals surface area contributed by atoms with E-state index in [0.717, 1.165) is 15.6 Å². The van der Waals surface area contributed by atoms with Crippen LogP contribution in [-0.4, -0.2) is 36.3 Å². The van der Waals surface area contributed by atoms with Crippen LogP contribution in [0.15, 0.2) is 46.9 Å². The number of hydrogen-bond donors (Lipinski definition) is 1. The number of nitrogens with one attached hydrogen (secondary N) is 1. The number of carbonyl (C=O) groups is 3. The van der Waals surface area contributed by atoms with Crippen molar-refractivity contribution in [1.82, 2.24) is 4.90 Å². The lowest BCUT2D eigenvalue weighted by atomic mass is 9.92. The molecule has 1 aliphatic heterocycles. The van der Waals surface area contributed by atoms with Crippen molar-refractivity contribution in [2.24, 2.45) is 0 Å². The summed E-state index contributed by atoms with van der Waals surface area (Å²) in [6.07, 6.45) is 0.0830. The normalized spacial score (nSPS) is 15.7. The van der Waals surface area contributed by atoms with E-state index < -0.39 is 12.1 Å². The summed E-state index contributed by atoms with van der Waals surface area (Å²) in [5.41, 5.74) is 2.77. The third-order valence-electron chi connectivity index (χ3n) is 4.53. The Balaban J connectivity index is 1.96. The molecule has 1 unspecified atom stereocenters. The molecule has 7 heteroatoms. The number of ketones is 1. The van der Waals surface area contributed by atoms with Gasteiger partial charge in [0.1, 0.15) is 6.04 Å². The molecule has 0 saturated carbocycles. The number of hydrogen-bond acceptors (Lipinski definition) is 4. The molecule has 0 aliphatic carbocycles. The number of nitrogens with zero attached hydrogens (tertiary/aromatic N) is 1. The zero-order chi connectivity index (χ0) is 19.6. The summed E-state index contributed by atoms with van der Waals surface area (Å²) in [6, 6.07) is 11.6. The van der Waals surface area contributed by atoms with Gasteiger partial charge in [-0.1, -0.05) is 34.1 Å². The minimum absolute atomic E-state index is 0.0887. The number of fused-ring (bicyclic) bond motifs is 1. The van der Waals surface area contributed by atoms with Crippen molar-refractivity contribution in [2.75, 3.05) is 19.0 Å². The molecule has 0 aromatic heterocycles. The Kier molecular flexibility index (Phi) is 5.60. The van der Waals surface area contributed by atoms with E-state index in [1.807, 2.05) is 18.2 Å². The van der Waals surface area contributed by atoms with Crippen LogP contribution in [0.4, 0.5) is 10.5 Å². The number of rotatable bonds is 3. The summed E-state index contributed by atoms with van der Waals surface area (Å²) in [6.45, 7) is 1.85. The van der Waals surface area contributed by atoms with Gasteiger partial charge in [-0.15, -0.1) is 0 Å². The zero-order valence-electron chi connectivity index (χ0n) is 15.0. The van der Waals surface area contributed by atoms with Crippen LogP contribution in [0, 0.1) is 0 Å².